The normalized spacial score (nSPS) is 21.2. The Hall–Kier alpha value is -1.30. The second-order valence-electron chi connectivity index (χ2n) is 8.20. The monoisotopic (exact) mass is 439 g/mol. The lowest BCUT2D eigenvalue weighted by atomic mass is 9.95. The van der Waals surface area contributed by atoms with E-state index in [2.05, 4.69) is 17.1 Å². The van der Waals surface area contributed by atoms with Crippen molar-refractivity contribution in [3.63, 3.8) is 0 Å². The number of likely N-dealkylation sites (tertiary alicyclic amines) is 2. The molecule has 0 aliphatic carbocycles. The van der Waals surface area contributed by atoms with E-state index in [0.29, 0.717) is 28.7 Å². The lowest BCUT2D eigenvalue weighted by Crippen LogP contribution is -2.50. The van der Waals surface area contributed by atoms with Crippen LogP contribution in [0.2, 0.25) is 10.0 Å². The molecule has 2 amide bonds. The molecule has 29 heavy (non-hydrogen) atoms. The third-order valence-corrected chi connectivity index (χ3v) is 6.75. The maximum absolute atomic E-state index is 12.8. The molecule has 0 saturated carbocycles. The first-order valence-corrected chi connectivity index (χ1v) is 11.5. The van der Waals surface area contributed by atoms with Crippen molar-refractivity contribution in [2.45, 2.75) is 51.5 Å². The van der Waals surface area contributed by atoms with Crippen molar-refractivity contribution in [3.8, 4) is 0 Å². The molecule has 1 atom stereocenters. The first-order chi connectivity index (χ1) is 14.0. The number of carbonyl (C=O) groups excluding carboxylic acids is 2. The highest BCUT2D eigenvalue weighted by atomic mass is 35.5. The van der Waals surface area contributed by atoms with E-state index >= 15 is 0 Å². The van der Waals surface area contributed by atoms with E-state index < -0.39 is 0 Å². The number of nitrogens with one attached hydrogen (secondary N) is 1. The quantitative estimate of drug-likeness (QED) is 0.721. The van der Waals surface area contributed by atoms with Crippen molar-refractivity contribution in [1.29, 1.82) is 0 Å². The second kappa shape index (κ2) is 10.6. The molecule has 2 saturated heterocycles. The summed E-state index contributed by atoms with van der Waals surface area (Å²) in [6.07, 6.45) is 6.13. The van der Waals surface area contributed by atoms with Gasteiger partial charge in [0.05, 0.1) is 16.0 Å². The molecular formula is C22H31Cl2N3O2. The van der Waals surface area contributed by atoms with Gasteiger partial charge in [-0.3, -0.25) is 9.59 Å². The number of hydrogen-bond acceptors (Lipinski definition) is 3. The Morgan fingerprint density at radius 3 is 2.55 bits per heavy atom. The summed E-state index contributed by atoms with van der Waals surface area (Å²) in [4.78, 5) is 29.9. The minimum absolute atomic E-state index is 0.0867. The Bertz CT molecular complexity index is 720. The Morgan fingerprint density at radius 1 is 1.10 bits per heavy atom. The third kappa shape index (κ3) is 6.09. The Balaban J connectivity index is 1.50. The Labute approximate surface area is 183 Å². The predicted octanol–water partition coefficient (Wildman–Crippen LogP) is 4.23. The first kappa shape index (κ1) is 22.4. The first-order valence-electron chi connectivity index (χ1n) is 10.7. The molecule has 0 aromatic heterocycles. The van der Waals surface area contributed by atoms with Gasteiger partial charge >= 0.3 is 0 Å². The van der Waals surface area contributed by atoms with E-state index in [0.717, 1.165) is 45.3 Å². The number of unbranched alkanes of at least 4 members (excludes halogenated alkanes) is 1. The second-order valence-corrected chi connectivity index (χ2v) is 9.01. The highest BCUT2D eigenvalue weighted by Gasteiger charge is 2.31. The van der Waals surface area contributed by atoms with Crippen LogP contribution in [0.1, 0.15) is 55.8 Å². The van der Waals surface area contributed by atoms with Crippen LogP contribution in [0.3, 0.4) is 0 Å². The number of piperidine rings is 2. The molecule has 2 fully saturated rings. The minimum Gasteiger partial charge on any atom is -0.353 e. The standard InChI is InChI=1S/C22H31Cl2N3O2/c1-2-3-10-26-12-8-18(9-13-26)25-21(28)17-5-4-11-27(15-17)22(29)16-6-7-19(23)20(24)14-16/h6-7,14,17-18H,2-5,8-13,15H2,1H3,(H,25,28). The van der Waals surface area contributed by atoms with Gasteiger partial charge in [0.1, 0.15) is 0 Å². The number of hydrogen-bond donors (Lipinski definition) is 1. The molecule has 1 unspecified atom stereocenters. The summed E-state index contributed by atoms with van der Waals surface area (Å²) in [5.74, 6) is -0.150. The summed E-state index contributed by atoms with van der Waals surface area (Å²) in [6.45, 7) is 6.60. The van der Waals surface area contributed by atoms with Gasteiger partial charge in [0.25, 0.3) is 5.91 Å². The van der Waals surface area contributed by atoms with Gasteiger partial charge < -0.3 is 15.1 Å². The molecule has 2 heterocycles. The van der Waals surface area contributed by atoms with Crippen molar-refractivity contribution in [1.82, 2.24) is 15.1 Å². The summed E-state index contributed by atoms with van der Waals surface area (Å²) in [7, 11) is 0. The average molecular weight is 440 g/mol. The molecule has 1 aromatic rings. The van der Waals surface area contributed by atoms with Crippen LogP contribution < -0.4 is 5.32 Å². The molecule has 0 spiro atoms. The van der Waals surface area contributed by atoms with Crippen molar-refractivity contribution < 1.29 is 9.59 Å². The van der Waals surface area contributed by atoms with E-state index in [1.807, 2.05) is 0 Å². The van der Waals surface area contributed by atoms with Crippen LogP contribution in [0.25, 0.3) is 0 Å². The predicted molar refractivity (Wildman–Crippen MR) is 118 cm³/mol. The van der Waals surface area contributed by atoms with Crippen LogP contribution in [0.4, 0.5) is 0 Å². The van der Waals surface area contributed by atoms with E-state index in [-0.39, 0.29) is 23.8 Å². The number of benzene rings is 1. The van der Waals surface area contributed by atoms with Crippen molar-refractivity contribution >= 4 is 35.0 Å². The maximum Gasteiger partial charge on any atom is 0.253 e. The van der Waals surface area contributed by atoms with Crippen LogP contribution in [-0.4, -0.2) is 60.4 Å². The van der Waals surface area contributed by atoms with Gasteiger partial charge in [-0.1, -0.05) is 36.5 Å². The lowest BCUT2D eigenvalue weighted by molar-refractivity contribution is -0.127. The fourth-order valence-electron chi connectivity index (χ4n) is 4.19. The third-order valence-electron chi connectivity index (χ3n) is 6.01. The minimum atomic E-state index is -0.145. The summed E-state index contributed by atoms with van der Waals surface area (Å²) in [5.41, 5.74) is 0.514. The summed E-state index contributed by atoms with van der Waals surface area (Å²) in [6, 6.07) is 5.17. The van der Waals surface area contributed by atoms with Crippen molar-refractivity contribution in [3.05, 3.63) is 33.8 Å². The highest BCUT2D eigenvalue weighted by Crippen LogP contribution is 2.25. The Morgan fingerprint density at radius 2 is 1.86 bits per heavy atom. The molecule has 1 N–H and O–H groups in total. The zero-order valence-corrected chi connectivity index (χ0v) is 18.6. The van der Waals surface area contributed by atoms with Gasteiger partial charge in [0.15, 0.2) is 0 Å². The van der Waals surface area contributed by atoms with Gasteiger partial charge in [-0.2, -0.15) is 0 Å². The topological polar surface area (TPSA) is 52.7 Å². The summed E-state index contributed by atoms with van der Waals surface area (Å²) >= 11 is 12.0. The maximum atomic E-state index is 12.8. The van der Waals surface area contributed by atoms with Crippen LogP contribution in [0.15, 0.2) is 18.2 Å². The summed E-state index contributed by atoms with van der Waals surface area (Å²) in [5, 5.41) is 4.04. The largest absolute Gasteiger partial charge is 0.353 e. The molecule has 160 valence electrons. The molecule has 7 heteroatoms. The molecule has 2 aliphatic heterocycles. The van der Waals surface area contributed by atoms with Gasteiger partial charge in [0.2, 0.25) is 5.91 Å². The van der Waals surface area contributed by atoms with Crippen LogP contribution in [0, 0.1) is 5.92 Å². The molecule has 3 rings (SSSR count). The molecule has 5 nitrogen and oxygen atoms in total. The molecule has 0 bridgehead atoms. The zero-order valence-electron chi connectivity index (χ0n) is 17.1. The van der Waals surface area contributed by atoms with E-state index in [9.17, 15) is 9.59 Å². The van der Waals surface area contributed by atoms with Crippen LogP contribution in [-0.2, 0) is 4.79 Å². The highest BCUT2D eigenvalue weighted by molar-refractivity contribution is 6.42. The van der Waals surface area contributed by atoms with Gasteiger partial charge in [0, 0.05) is 37.8 Å². The number of amides is 2. The summed E-state index contributed by atoms with van der Waals surface area (Å²) < 4.78 is 0. The average Bonchev–Trinajstić information content (AvgIpc) is 2.74. The van der Waals surface area contributed by atoms with Crippen molar-refractivity contribution in [2.75, 3.05) is 32.7 Å². The number of rotatable bonds is 6. The fraction of sp³-hybridized carbons (Fsp3) is 0.636. The van der Waals surface area contributed by atoms with E-state index in [1.165, 1.54) is 12.8 Å². The number of halogens is 2. The van der Waals surface area contributed by atoms with Gasteiger partial charge in [-0.15, -0.1) is 0 Å². The van der Waals surface area contributed by atoms with E-state index in [4.69, 9.17) is 23.2 Å². The fourth-order valence-corrected chi connectivity index (χ4v) is 4.49. The number of nitrogens with zero attached hydrogens (tertiary/aromatic N) is 2. The SMILES string of the molecule is CCCCN1CCC(NC(=O)C2CCCN(C(=O)c3ccc(Cl)c(Cl)c3)C2)CC1. The van der Waals surface area contributed by atoms with Crippen molar-refractivity contribution in [2.24, 2.45) is 5.92 Å². The van der Waals surface area contributed by atoms with Crippen LogP contribution in [0.5, 0.6) is 0 Å². The van der Waals surface area contributed by atoms with E-state index in [1.54, 1.807) is 23.1 Å². The van der Waals surface area contributed by atoms with Crippen LogP contribution >= 0.6 is 23.2 Å². The van der Waals surface area contributed by atoms with Gasteiger partial charge in [-0.25, -0.2) is 0 Å². The molecule has 1 aromatic carbocycles. The molecule has 2 aliphatic rings. The molecular weight excluding hydrogens is 409 g/mol. The lowest BCUT2D eigenvalue weighted by Gasteiger charge is -2.35. The smallest absolute Gasteiger partial charge is 0.253 e. The van der Waals surface area contributed by atoms with Gasteiger partial charge in [-0.05, 0) is 56.8 Å². The molecule has 0 radical (unpaired) electrons. The zero-order chi connectivity index (χ0) is 20.8. The Kier molecular flexibility index (Phi) is 8.22. The number of carbonyl (C=O) groups is 2.